The number of likely N-dealkylation sites (tertiary alicyclic amines) is 1. The summed E-state index contributed by atoms with van der Waals surface area (Å²) < 4.78 is 0. The molecule has 1 aromatic rings. The molecular formula is C15H24N2O. The number of nitrogens with one attached hydrogen (secondary N) is 1. The zero-order valence-corrected chi connectivity index (χ0v) is 11.2. The van der Waals surface area contributed by atoms with Crippen molar-refractivity contribution in [3.8, 4) is 0 Å². The first kappa shape index (κ1) is 13.5. The van der Waals surface area contributed by atoms with Gasteiger partial charge in [-0.25, -0.2) is 0 Å². The fourth-order valence-corrected chi connectivity index (χ4v) is 2.51. The van der Waals surface area contributed by atoms with E-state index in [0.717, 1.165) is 26.2 Å². The second-order valence-corrected chi connectivity index (χ2v) is 5.22. The zero-order valence-electron chi connectivity index (χ0n) is 11.2. The van der Waals surface area contributed by atoms with Crippen molar-refractivity contribution in [2.45, 2.75) is 32.4 Å². The van der Waals surface area contributed by atoms with Crippen LogP contribution in [0.2, 0.25) is 0 Å². The van der Waals surface area contributed by atoms with Crippen LogP contribution in [0.3, 0.4) is 0 Å². The first-order valence-electron chi connectivity index (χ1n) is 6.91. The SMILES string of the molecule is Cc1ccccc1CNCC(O)CN1CCCC1. The molecule has 0 spiro atoms. The standard InChI is InChI=1S/C15H24N2O/c1-13-6-2-3-7-14(13)10-16-11-15(18)12-17-8-4-5-9-17/h2-3,6-7,15-16,18H,4-5,8-12H2,1H3. The van der Waals surface area contributed by atoms with Crippen LogP contribution in [0.15, 0.2) is 24.3 Å². The molecule has 1 fully saturated rings. The second-order valence-electron chi connectivity index (χ2n) is 5.22. The predicted molar refractivity (Wildman–Crippen MR) is 74.6 cm³/mol. The van der Waals surface area contributed by atoms with Gasteiger partial charge in [-0.05, 0) is 44.0 Å². The number of hydrogen-bond acceptors (Lipinski definition) is 3. The number of aliphatic hydroxyl groups excluding tert-OH is 1. The third-order valence-corrected chi connectivity index (χ3v) is 3.62. The first-order chi connectivity index (χ1) is 8.75. The summed E-state index contributed by atoms with van der Waals surface area (Å²) in [6, 6.07) is 8.37. The smallest absolute Gasteiger partial charge is 0.0791 e. The number of β-amino-alcohol motifs (C(OH)–C–C–N with tert-alkyl or cyclic N) is 1. The molecule has 0 aliphatic carbocycles. The Morgan fingerprint density at radius 2 is 2.00 bits per heavy atom. The van der Waals surface area contributed by atoms with Crippen LogP contribution < -0.4 is 5.32 Å². The van der Waals surface area contributed by atoms with Crippen LogP contribution in [0.4, 0.5) is 0 Å². The molecule has 2 rings (SSSR count). The van der Waals surface area contributed by atoms with Crippen molar-refractivity contribution in [1.29, 1.82) is 0 Å². The summed E-state index contributed by atoms with van der Waals surface area (Å²) in [6.45, 7) is 6.73. The van der Waals surface area contributed by atoms with Gasteiger partial charge in [0, 0.05) is 19.6 Å². The molecule has 1 aromatic carbocycles. The Balaban J connectivity index is 1.67. The van der Waals surface area contributed by atoms with E-state index in [2.05, 4.69) is 41.4 Å². The van der Waals surface area contributed by atoms with Gasteiger partial charge in [0.25, 0.3) is 0 Å². The van der Waals surface area contributed by atoms with Gasteiger partial charge in [-0.3, -0.25) is 0 Å². The molecule has 1 unspecified atom stereocenters. The molecule has 18 heavy (non-hydrogen) atoms. The van der Waals surface area contributed by atoms with Crippen molar-refractivity contribution in [2.24, 2.45) is 0 Å². The average molecular weight is 248 g/mol. The number of benzene rings is 1. The quantitative estimate of drug-likeness (QED) is 0.801. The molecule has 0 aromatic heterocycles. The van der Waals surface area contributed by atoms with Crippen molar-refractivity contribution in [1.82, 2.24) is 10.2 Å². The van der Waals surface area contributed by atoms with Gasteiger partial charge < -0.3 is 15.3 Å². The highest BCUT2D eigenvalue weighted by molar-refractivity contribution is 5.25. The Labute approximate surface area is 110 Å². The summed E-state index contributed by atoms with van der Waals surface area (Å²) in [5.74, 6) is 0. The number of hydrogen-bond donors (Lipinski definition) is 2. The largest absolute Gasteiger partial charge is 0.390 e. The lowest BCUT2D eigenvalue weighted by molar-refractivity contribution is 0.123. The molecule has 0 radical (unpaired) electrons. The van der Waals surface area contributed by atoms with E-state index in [1.54, 1.807) is 0 Å². The van der Waals surface area contributed by atoms with Gasteiger partial charge in [-0.1, -0.05) is 24.3 Å². The maximum atomic E-state index is 9.95. The van der Waals surface area contributed by atoms with Gasteiger partial charge >= 0.3 is 0 Å². The molecule has 3 heteroatoms. The molecule has 0 saturated carbocycles. The van der Waals surface area contributed by atoms with Crippen LogP contribution in [-0.2, 0) is 6.54 Å². The van der Waals surface area contributed by atoms with E-state index in [4.69, 9.17) is 0 Å². The van der Waals surface area contributed by atoms with Crippen LogP contribution in [0.5, 0.6) is 0 Å². The third kappa shape index (κ3) is 4.09. The van der Waals surface area contributed by atoms with Crippen molar-refractivity contribution in [3.63, 3.8) is 0 Å². The summed E-state index contributed by atoms with van der Waals surface area (Å²) in [5, 5.41) is 13.3. The normalized spacial score (nSPS) is 18.1. The van der Waals surface area contributed by atoms with Crippen molar-refractivity contribution in [3.05, 3.63) is 35.4 Å². The lowest BCUT2D eigenvalue weighted by atomic mass is 10.1. The highest BCUT2D eigenvalue weighted by Gasteiger charge is 2.15. The fourth-order valence-electron chi connectivity index (χ4n) is 2.51. The Morgan fingerprint density at radius 1 is 1.28 bits per heavy atom. The minimum Gasteiger partial charge on any atom is -0.390 e. The van der Waals surface area contributed by atoms with Gasteiger partial charge in [0.05, 0.1) is 6.10 Å². The Bertz CT molecular complexity index is 361. The second kappa shape index (κ2) is 6.88. The number of nitrogens with zero attached hydrogens (tertiary/aromatic N) is 1. The molecule has 1 atom stereocenters. The Kier molecular flexibility index (Phi) is 5.17. The summed E-state index contributed by atoms with van der Waals surface area (Å²) in [6.07, 6.45) is 2.30. The summed E-state index contributed by atoms with van der Waals surface area (Å²) in [5.41, 5.74) is 2.62. The van der Waals surface area contributed by atoms with E-state index in [-0.39, 0.29) is 6.10 Å². The van der Waals surface area contributed by atoms with Gasteiger partial charge in [-0.2, -0.15) is 0 Å². The minimum atomic E-state index is -0.257. The van der Waals surface area contributed by atoms with Crippen LogP contribution in [0.1, 0.15) is 24.0 Å². The van der Waals surface area contributed by atoms with E-state index in [1.807, 2.05) is 0 Å². The van der Waals surface area contributed by atoms with Gasteiger partial charge in [0.1, 0.15) is 0 Å². The van der Waals surface area contributed by atoms with Crippen LogP contribution in [0, 0.1) is 6.92 Å². The van der Waals surface area contributed by atoms with Crippen molar-refractivity contribution >= 4 is 0 Å². The van der Waals surface area contributed by atoms with E-state index >= 15 is 0 Å². The van der Waals surface area contributed by atoms with Crippen LogP contribution >= 0.6 is 0 Å². The molecule has 1 aliphatic rings. The lowest BCUT2D eigenvalue weighted by Crippen LogP contribution is -2.36. The van der Waals surface area contributed by atoms with Crippen LogP contribution in [0.25, 0.3) is 0 Å². The molecule has 0 bridgehead atoms. The summed E-state index contributed by atoms with van der Waals surface area (Å²) in [7, 11) is 0. The van der Waals surface area contributed by atoms with Gasteiger partial charge in [0.2, 0.25) is 0 Å². The van der Waals surface area contributed by atoms with Crippen molar-refractivity contribution < 1.29 is 5.11 Å². The Morgan fingerprint density at radius 3 is 2.72 bits per heavy atom. The van der Waals surface area contributed by atoms with Gasteiger partial charge in [-0.15, -0.1) is 0 Å². The predicted octanol–water partition coefficient (Wildman–Crippen LogP) is 1.54. The number of aryl methyl sites for hydroxylation is 1. The van der Waals surface area contributed by atoms with E-state index < -0.39 is 0 Å². The van der Waals surface area contributed by atoms with Crippen molar-refractivity contribution in [2.75, 3.05) is 26.2 Å². The van der Waals surface area contributed by atoms with E-state index in [9.17, 15) is 5.11 Å². The van der Waals surface area contributed by atoms with Crippen LogP contribution in [-0.4, -0.2) is 42.3 Å². The Hall–Kier alpha value is -0.900. The highest BCUT2D eigenvalue weighted by Crippen LogP contribution is 2.08. The minimum absolute atomic E-state index is 0.257. The molecule has 1 aliphatic heterocycles. The highest BCUT2D eigenvalue weighted by atomic mass is 16.3. The van der Waals surface area contributed by atoms with Gasteiger partial charge in [0.15, 0.2) is 0 Å². The third-order valence-electron chi connectivity index (χ3n) is 3.62. The number of aliphatic hydroxyl groups is 1. The topological polar surface area (TPSA) is 35.5 Å². The number of rotatable bonds is 6. The monoisotopic (exact) mass is 248 g/mol. The molecule has 100 valence electrons. The molecule has 1 heterocycles. The molecular weight excluding hydrogens is 224 g/mol. The summed E-state index contributed by atoms with van der Waals surface area (Å²) >= 11 is 0. The molecule has 2 N–H and O–H groups in total. The molecule has 3 nitrogen and oxygen atoms in total. The summed E-state index contributed by atoms with van der Waals surface area (Å²) in [4.78, 5) is 2.35. The zero-order chi connectivity index (χ0) is 12.8. The van der Waals surface area contributed by atoms with E-state index in [0.29, 0.717) is 6.54 Å². The molecule has 0 amide bonds. The maximum absolute atomic E-state index is 9.95. The first-order valence-corrected chi connectivity index (χ1v) is 6.91. The fraction of sp³-hybridized carbons (Fsp3) is 0.600. The average Bonchev–Trinajstić information content (AvgIpc) is 2.84. The maximum Gasteiger partial charge on any atom is 0.0791 e. The lowest BCUT2D eigenvalue weighted by Gasteiger charge is -2.19. The molecule has 1 saturated heterocycles. The van der Waals surface area contributed by atoms with E-state index in [1.165, 1.54) is 24.0 Å².